The van der Waals surface area contributed by atoms with Crippen molar-refractivity contribution in [3.8, 4) is 11.1 Å². The molecule has 1 aromatic carbocycles. The van der Waals surface area contributed by atoms with Crippen molar-refractivity contribution in [2.24, 2.45) is 7.05 Å². The third kappa shape index (κ3) is 3.72. The summed E-state index contributed by atoms with van der Waals surface area (Å²) in [6, 6.07) is 14.4. The highest BCUT2D eigenvalue weighted by atomic mass is 32.2. The number of aryl methyl sites for hydroxylation is 1. The second-order valence-electron chi connectivity index (χ2n) is 6.52. The number of nitrogens with two attached hydrogens (primary N) is 1. The zero-order chi connectivity index (χ0) is 19.7. The molecular weight excluding hydrogens is 386 g/mol. The van der Waals surface area contributed by atoms with Gasteiger partial charge in [-0.05, 0) is 24.8 Å². The van der Waals surface area contributed by atoms with Gasteiger partial charge in [-0.1, -0.05) is 42.1 Å². The third-order valence-electron chi connectivity index (χ3n) is 4.59. The smallest absolute Gasteiger partial charge is 0.191 e. The summed E-state index contributed by atoms with van der Waals surface area (Å²) in [6.07, 6.45) is 6.09. The lowest BCUT2D eigenvalue weighted by Crippen LogP contribution is -1.99. The summed E-state index contributed by atoms with van der Waals surface area (Å²) in [5.74, 6) is 0.492. The lowest BCUT2D eigenvalue weighted by Gasteiger charge is -2.11. The van der Waals surface area contributed by atoms with E-state index < -0.39 is 0 Å². The Morgan fingerprint density at radius 2 is 1.89 bits per heavy atom. The van der Waals surface area contributed by atoms with Crippen LogP contribution in [0.3, 0.4) is 0 Å². The molecule has 3 aromatic heterocycles. The van der Waals surface area contributed by atoms with Crippen molar-refractivity contribution in [3.05, 3.63) is 60.6 Å². The van der Waals surface area contributed by atoms with Crippen molar-refractivity contribution in [3.63, 3.8) is 0 Å². The number of thioether (sulfide) groups is 2. The van der Waals surface area contributed by atoms with E-state index in [4.69, 9.17) is 10.7 Å². The van der Waals surface area contributed by atoms with Gasteiger partial charge < -0.3 is 10.3 Å². The van der Waals surface area contributed by atoms with Crippen LogP contribution in [-0.4, -0.2) is 25.8 Å². The van der Waals surface area contributed by atoms with E-state index in [1.807, 2.05) is 18.5 Å². The van der Waals surface area contributed by atoms with E-state index in [-0.39, 0.29) is 5.25 Å². The molecule has 142 valence electrons. The van der Waals surface area contributed by atoms with E-state index in [0.717, 1.165) is 16.2 Å². The zero-order valence-corrected chi connectivity index (χ0v) is 17.6. The number of benzene rings is 1. The first-order chi connectivity index (χ1) is 13.5. The van der Waals surface area contributed by atoms with Crippen LogP contribution in [0.25, 0.3) is 22.0 Å². The van der Waals surface area contributed by atoms with Gasteiger partial charge in [0.1, 0.15) is 10.8 Å². The van der Waals surface area contributed by atoms with Crippen molar-refractivity contribution in [1.82, 2.24) is 19.5 Å². The molecule has 0 saturated carbocycles. The Bertz CT molecular complexity index is 1120. The first-order valence-corrected chi connectivity index (χ1v) is 11.0. The molecule has 0 radical (unpaired) electrons. The molecule has 3 heterocycles. The monoisotopic (exact) mass is 407 g/mol. The number of fused-ring (bicyclic) bond motifs is 1. The van der Waals surface area contributed by atoms with E-state index in [9.17, 15) is 0 Å². The average molecular weight is 408 g/mol. The van der Waals surface area contributed by atoms with Crippen molar-refractivity contribution >= 4 is 40.2 Å². The van der Waals surface area contributed by atoms with Crippen LogP contribution in [0.5, 0.6) is 0 Å². The molecule has 0 fully saturated rings. The fraction of sp³-hybridized carbons (Fsp3) is 0.190. The van der Waals surface area contributed by atoms with E-state index in [0.29, 0.717) is 11.0 Å². The number of hydrogen-bond acceptors (Lipinski definition) is 6. The highest BCUT2D eigenvalue weighted by Crippen LogP contribution is 2.36. The molecule has 0 spiro atoms. The van der Waals surface area contributed by atoms with Crippen molar-refractivity contribution < 1.29 is 0 Å². The summed E-state index contributed by atoms with van der Waals surface area (Å²) in [5, 5.41) is 2.85. The van der Waals surface area contributed by atoms with Gasteiger partial charge in [-0.15, -0.1) is 11.8 Å². The Morgan fingerprint density at radius 3 is 2.64 bits per heavy atom. The summed E-state index contributed by atoms with van der Waals surface area (Å²) in [4.78, 5) is 13.6. The van der Waals surface area contributed by atoms with Crippen molar-refractivity contribution in [1.29, 1.82) is 0 Å². The number of nitrogens with zero attached hydrogens (tertiary/aromatic N) is 4. The lowest BCUT2D eigenvalue weighted by atomic mass is 10.0. The van der Waals surface area contributed by atoms with Crippen LogP contribution in [0.15, 0.2) is 65.0 Å². The maximum absolute atomic E-state index is 5.91. The van der Waals surface area contributed by atoms with Gasteiger partial charge in [0.2, 0.25) is 0 Å². The van der Waals surface area contributed by atoms with Crippen molar-refractivity contribution in [2.75, 3.05) is 12.0 Å². The summed E-state index contributed by atoms with van der Waals surface area (Å²) in [5.41, 5.74) is 10.4. The predicted molar refractivity (Wildman–Crippen MR) is 119 cm³/mol. The molecule has 7 heteroatoms. The Balaban J connectivity index is 1.70. The number of rotatable bonds is 5. The molecule has 4 rings (SSSR count). The van der Waals surface area contributed by atoms with E-state index in [2.05, 4.69) is 65.0 Å². The number of pyridine rings is 1. The second kappa shape index (κ2) is 7.85. The molecule has 1 unspecified atom stereocenters. The van der Waals surface area contributed by atoms with Gasteiger partial charge in [0.25, 0.3) is 0 Å². The number of nitrogen functional groups attached to an aromatic ring is 1. The quantitative estimate of drug-likeness (QED) is 0.279. The molecule has 1 atom stereocenters. The standard InChI is InChI=1S/C21H21N5S2/c1-13(28-21-24-19(22)10-20(25-21)27-3)17-9-15-16(14-7-5-4-6-8-14)12-26(2)18(15)11-23-17/h4-13H,1-3H3,(H2,22,24,25). The largest absolute Gasteiger partial charge is 0.384 e. The minimum atomic E-state index is 0.102. The third-order valence-corrected chi connectivity index (χ3v) is 6.21. The highest BCUT2D eigenvalue weighted by Gasteiger charge is 2.16. The van der Waals surface area contributed by atoms with Gasteiger partial charge in [-0.2, -0.15) is 0 Å². The van der Waals surface area contributed by atoms with Crippen LogP contribution in [0.4, 0.5) is 5.82 Å². The topological polar surface area (TPSA) is 69.6 Å². The second-order valence-corrected chi connectivity index (χ2v) is 8.66. The van der Waals surface area contributed by atoms with E-state index in [1.54, 1.807) is 29.6 Å². The molecule has 0 aliphatic carbocycles. The summed E-state index contributed by atoms with van der Waals surface area (Å²) >= 11 is 3.13. The minimum Gasteiger partial charge on any atom is -0.384 e. The molecule has 0 amide bonds. The SMILES string of the molecule is CSc1cc(N)nc(SC(C)c2cc3c(-c4ccccc4)cn(C)c3cn2)n1. The fourth-order valence-corrected chi connectivity index (χ4v) is 4.51. The molecule has 2 N–H and O–H groups in total. The van der Waals surface area contributed by atoms with Gasteiger partial charge >= 0.3 is 0 Å². The summed E-state index contributed by atoms with van der Waals surface area (Å²) < 4.78 is 2.12. The van der Waals surface area contributed by atoms with Crippen LogP contribution < -0.4 is 5.73 Å². The minimum absolute atomic E-state index is 0.102. The Kier molecular flexibility index (Phi) is 5.28. The van der Waals surface area contributed by atoms with Crippen LogP contribution in [0, 0.1) is 0 Å². The number of aromatic nitrogens is 4. The fourth-order valence-electron chi connectivity index (χ4n) is 3.16. The van der Waals surface area contributed by atoms with Crippen LogP contribution in [0.1, 0.15) is 17.9 Å². The molecule has 0 bridgehead atoms. The predicted octanol–water partition coefficient (Wildman–Crippen LogP) is 5.19. The average Bonchev–Trinajstić information content (AvgIpc) is 3.04. The molecule has 0 aliphatic heterocycles. The number of hydrogen-bond donors (Lipinski definition) is 1. The van der Waals surface area contributed by atoms with Gasteiger partial charge in [0.15, 0.2) is 5.16 Å². The Labute approximate surface area is 172 Å². The van der Waals surface area contributed by atoms with Crippen LogP contribution in [-0.2, 0) is 7.05 Å². The van der Waals surface area contributed by atoms with Crippen LogP contribution >= 0.6 is 23.5 Å². The van der Waals surface area contributed by atoms with Gasteiger partial charge in [-0.3, -0.25) is 4.98 Å². The normalized spacial score (nSPS) is 12.4. The Morgan fingerprint density at radius 1 is 1.11 bits per heavy atom. The molecule has 28 heavy (non-hydrogen) atoms. The number of anilines is 1. The first kappa shape index (κ1) is 18.8. The van der Waals surface area contributed by atoms with Crippen molar-refractivity contribution in [2.45, 2.75) is 22.4 Å². The highest BCUT2D eigenvalue weighted by molar-refractivity contribution is 7.99. The molecule has 5 nitrogen and oxygen atoms in total. The molecule has 4 aromatic rings. The van der Waals surface area contributed by atoms with Gasteiger partial charge in [0, 0.05) is 30.3 Å². The van der Waals surface area contributed by atoms with Gasteiger partial charge in [-0.25, -0.2) is 9.97 Å². The van der Waals surface area contributed by atoms with Crippen LogP contribution in [0.2, 0.25) is 0 Å². The molecule has 0 aliphatic rings. The van der Waals surface area contributed by atoms with Gasteiger partial charge in [0.05, 0.1) is 22.7 Å². The maximum Gasteiger partial charge on any atom is 0.191 e. The lowest BCUT2D eigenvalue weighted by molar-refractivity contribution is 0.888. The first-order valence-electron chi connectivity index (χ1n) is 8.90. The molecular formula is C21H21N5S2. The summed E-state index contributed by atoms with van der Waals surface area (Å²) in [7, 11) is 2.05. The Hall–Kier alpha value is -2.51. The molecule has 0 saturated heterocycles. The van der Waals surface area contributed by atoms with E-state index in [1.165, 1.54) is 16.5 Å². The zero-order valence-electron chi connectivity index (χ0n) is 16.0. The van der Waals surface area contributed by atoms with E-state index >= 15 is 0 Å². The maximum atomic E-state index is 5.91. The summed E-state index contributed by atoms with van der Waals surface area (Å²) in [6.45, 7) is 2.12.